The van der Waals surface area contributed by atoms with Gasteiger partial charge in [0.2, 0.25) is 6.79 Å². The van der Waals surface area contributed by atoms with Crippen molar-refractivity contribution in [3.63, 3.8) is 0 Å². The van der Waals surface area contributed by atoms with Crippen LogP contribution in [-0.4, -0.2) is 45.8 Å². The number of likely N-dealkylation sites (tertiary alicyclic amines) is 1. The monoisotopic (exact) mass is 371 g/mol. The first-order valence-electron chi connectivity index (χ1n) is 9.45. The van der Waals surface area contributed by atoms with Crippen LogP contribution in [0.15, 0.2) is 24.4 Å². The molecule has 2 aromatic rings. The molecular formula is C19H25N5O3. The van der Waals surface area contributed by atoms with Crippen LogP contribution in [0.2, 0.25) is 0 Å². The van der Waals surface area contributed by atoms with Crippen LogP contribution in [-0.2, 0) is 6.42 Å². The third-order valence-corrected chi connectivity index (χ3v) is 4.92. The lowest BCUT2D eigenvalue weighted by Crippen LogP contribution is -2.41. The maximum absolute atomic E-state index is 12.5. The number of benzene rings is 1. The Labute approximate surface area is 158 Å². The number of amides is 2. The highest BCUT2D eigenvalue weighted by Gasteiger charge is 2.25. The number of hydrogen-bond donors (Lipinski definition) is 1. The van der Waals surface area contributed by atoms with Crippen molar-refractivity contribution >= 4 is 11.7 Å². The van der Waals surface area contributed by atoms with Gasteiger partial charge in [-0.15, -0.1) is 5.10 Å². The Morgan fingerprint density at radius 1 is 1.26 bits per heavy atom. The Kier molecular flexibility index (Phi) is 4.87. The average Bonchev–Trinajstić information content (AvgIpc) is 3.30. The van der Waals surface area contributed by atoms with Gasteiger partial charge in [-0.2, -0.15) is 0 Å². The molecule has 144 valence electrons. The summed E-state index contributed by atoms with van der Waals surface area (Å²) < 4.78 is 12.6. The summed E-state index contributed by atoms with van der Waals surface area (Å²) in [5.41, 5.74) is 1.74. The number of anilines is 1. The number of hydrogen-bond acceptors (Lipinski definition) is 5. The summed E-state index contributed by atoms with van der Waals surface area (Å²) >= 11 is 0. The Bertz CT molecular complexity index is 811. The third-order valence-electron chi connectivity index (χ3n) is 4.92. The second kappa shape index (κ2) is 7.46. The van der Waals surface area contributed by atoms with E-state index in [9.17, 15) is 4.79 Å². The zero-order chi connectivity index (χ0) is 18.8. The van der Waals surface area contributed by atoms with Gasteiger partial charge in [0.15, 0.2) is 11.5 Å². The van der Waals surface area contributed by atoms with E-state index in [0.717, 1.165) is 25.0 Å². The van der Waals surface area contributed by atoms with E-state index in [-0.39, 0.29) is 12.8 Å². The number of nitrogens with one attached hydrogen (secondary N) is 1. The highest BCUT2D eigenvalue weighted by atomic mass is 16.7. The minimum Gasteiger partial charge on any atom is -0.454 e. The van der Waals surface area contributed by atoms with Crippen molar-refractivity contribution in [2.75, 3.05) is 25.2 Å². The maximum Gasteiger partial charge on any atom is 0.321 e. The van der Waals surface area contributed by atoms with Crippen LogP contribution in [0.1, 0.15) is 38.4 Å². The van der Waals surface area contributed by atoms with Crippen LogP contribution < -0.4 is 14.8 Å². The van der Waals surface area contributed by atoms with Gasteiger partial charge in [0, 0.05) is 31.0 Å². The zero-order valence-electron chi connectivity index (χ0n) is 15.7. The van der Waals surface area contributed by atoms with Crippen molar-refractivity contribution < 1.29 is 14.3 Å². The van der Waals surface area contributed by atoms with E-state index >= 15 is 0 Å². The number of urea groups is 1. The number of nitrogens with zero attached hydrogens (tertiary/aromatic N) is 4. The summed E-state index contributed by atoms with van der Waals surface area (Å²) in [7, 11) is 0. The van der Waals surface area contributed by atoms with Gasteiger partial charge < -0.3 is 19.7 Å². The summed E-state index contributed by atoms with van der Waals surface area (Å²) in [6.45, 7) is 5.97. The van der Waals surface area contributed by atoms with Crippen molar-refractivity contribution in [3.8, 4) is 11.5 Å². The molecule has 1 aromatic carbocycles. The van der Waals surface area contributed by atoms with Gasteiger partial charge in [0.1, 0.15) is 0 Å². The van der Waals surface area contributed by atoms with E-state index in [0.29, 0.717) is 42.2 Å². The molecule has 0 radical (unpaired) electrons. The normalized spacial score (nSPS) is 16.8. The fourth-order valence-electron chi connectivity index (χ4n) is 3.51. The number of carbonyl (C=O) groups excluding carboxylic acids is 1. The first-order chi connectivity index (χ1) is 13.1. The molecule has 8 heteroatoms. The van der Waals surface area contributed by atoms with Gasteiger partial charge in [0.25, 0.3) is 0 Å². The second-order valence-corrected chi connectivity index (χ2v) is 7.50. The van der Waals surface area contributed by atoms with Crippen LogP contribution >= 0.6 is 0 Å². The molecule has 0 aliphatic carbocycles. The molecule has 2 aliphatic rings. The number of fused-ring (bicyclic) bond motifs is 1. The SMILES string of the molecule is CC(C)Cc1cn(C2CCN(C(=O)Nc3ccc4c(c3)OCO4)CC2)nn1. The molecule has 1 fully saturated rings. The summed E-state index contributed by atoms with van der Waals surface area (Å²) in [5.74, 6) is 1.94. The molecule has 3 heterocycles. The Morgan fingerprint density at radius 3 is 2.81 bits per heavy atom. The molecule has 1 N–H and O–H groups in total. The molecule has 27 heavy (non-hydrogen) atoms. The second-order valence-electron chi connectivity index (χ2n) is 7.50. The van der Waals surface area contributed by atoms with Crippen molar-refractivity contribution in [3.05, 3.63) is 30.1 Å². The number of rotatable bonds is 4. The van der Waals surface area contributed by atoms with E-state index in [1.165, 1.54) is 0 Å². The minimum absolute atomic E-state index is 0.0913. The standard InChI is InChI=1S/C19H25N5O3/c1-13(2)9-15-11-24(22-21-15)16-5-7-23(8-6-16)19(25)20-14-3-4-17-18(10-14)27-12-26-17/h3-4,10-11,13,16H,5-9,12H2,1-2H3,(H,20,25). The highest BCUT2D eigenvalue weighted by molar-refractivity contribution is 5.89. The van der Waals surface area contributed by atoms with Crippen LogP contribution in [0.3, 0.4) is 0 Å². The predicted octanol–water partition coefficient (Wildman–Crippen LogP) is 3.07. The molecule has 4 rings (SSSR count). The Morgan fingerprint density at radius 2 is 2.04 bits per heavy atom. The number of aromatic nitrogens is 3. The van der Waals surface area contributed by atoms with Gasteiger partial charge in [-0.05, 0) is 37.3 Å². The fourth-order valence-corrected chi connectivity index (χ4v) is 3.51. The topological polar surface area (TPSA) is 81.5 Å². The van der Waals surface area contributed by atoms with Gasteiger partial charge in [-0.1, -0.05) is 19.1 Å². The number of piperidine rings is 1. The minimum atomic E-state index is -0.0913. The molecule has 0 unspecified atom stereocenters. The van der Waals surface area contributed by atoms with E-state index in [4.69, 9.17) is 9.47 Å². The largest absolute Gasteiger partial charge is 0.454 e. The first kappa shape index (κ1) is 17.6. The molecule has 2 amide bonds. The average molecular weight is 371 g/mol. The van der Waals surface area contributed by atoms with Crippen molar-refractivity contribution in [1.82, 2.24) is 19.9 Å². The lowest BCUT2D eigenvalue weighted by molar-refractivity contribution is 0.174. The summed E-state index contributed by atoms with van der Waals surface area (Å²) in [5, 5.41) is 11.5. The Balaban J connectivity index is 1.31. The van der Waals surface area contributed by atoms with Crippen molar-refractivity contribution in [2.45, 2.75) is 39.2 Å². The number of ether oxygens (including phenoxy) is 2. The predicted molar refractivity (Wildman–Crippen MR) is 100.0 cm³/mol. The lowest BCUT2D eigenvalue weighted by atomic mass is 10.1. The lowest BCUT2D eigenvalue weighted by Gasteiger charge is -2.31. The molecule has 1 aromatic heterocycles. The molecule has 0 bridgehead atoms. The molecule has 0 atom stereocenters. The highest BCUT2D eigenvalue weighted by Crippen LogP contribution is 2.34. The van der Waals surface area contributed by atoms with Crippen LogP contribution in [0.4, 0.5) is 10.5 Å². The molecule has 1 saturated heterocycles. The van der Waals surface area contributed by atoms with Crippen LogP contribution in [0.5, 0.6) is 11.5 Å². The van der Waals surface area contributed by atoms with Gasteiger partial charge in [-0.25, -0.2) is 9.48 Å². The third kappa shape index (κ3) is 3.99. The van der Waals surface area contributed by atoms with E-state index < -0.39 is 0 Å². The van der Waals surface area contributed by atoms with E-state index in [1.807, 2.05) is 27.9 Å². The molecular weight excluding hydrogens is 346 g/mol. The van der Waals surface area contributed by atoms with Crippen molar-refractivity contribution in [2.24, 2.45) is 5.92 Å². The summed E-state index contributed by atoms with van der Waals surface area (Å²) in [6, 6.07) is 5.63. The smallest absolute Gasteiger partial charge is 0.321 e. The van der Waals surface area contributed by atoms with E-state index in [2.05, 4.69) is 29.5 Å². The Hall–Kier alpha value is -2.77. The quantitative estimate of drug-likeness (QED) is 0.893. The maximum atomic E-state index is 12.5. The van der Waals surface area contributed by atoms with Crippen LogP contribution in [0.25, 0.3) is 0 Å². The van der Waals surface area contributed by atoms with Crippen molar-refractivity contribution in [1.29, 1.82) is 0 Å². The number of carbonyl (C=O) groups is 1. The van der Waals surface area contributed by atoms with Crippen LogP contribution in [0, 0.1) is 5.92 Å². The summed E-state index contributed by atoms with van der Waals surface area (Å²) in [6.07, 6.45) is 4.74. The van der Waals surface area contributed by atoms with E-state index in [1.54, 1.807) is 6.07 Å². The molecule has 8 nitrogen and oxygen atoms in total. The van der Waals surface area contributed by atoms with Gasteiger partial charge >= 0.3 is 6.03 Å². The zero-order valence-corrected chi connectivity index (χ0v) is 15.7. The summed E-state index contributed by atoms with van der Waals surface area (Å²) in [4.78, 5) is 14.4. The fraction of sp³-hybridized carbons (Fsp3) is 0.526. The van der Waals surface area contributed by atoms with Gasteiger partial charge in [0.05, 0.1) is 11.7 Å². The molecule has 0 saturated carbocycles. The molecule has 2 aliphatic heterocycles. The molecule has 0 spiro atoms. The first-order valence-corrected chi connectivity index (χ1v) is 9.45. The van der Waals surface area contributed by atoms with Gasteiger partial charge in [-0.3, -0.25) is 0 Å².